The molecule has 0 unspecified atom stereocenters. The molecule has 2 fully saturated rings. The number of amides is 1. The van der Waals surface area contributed by atoms with E-state index < -0.39 is 0 Å². The average Bonchev–Trinajstić information content (AvgIpc) is 3.11. The third-order valence-corrected chi connectivity index (χ3v) is 8.18. The zero-order valence-corrected chi connectivity index (χ0v) is 19.7. The maximum atomic E-state index is 13.1. The fraction of sp³-hybridized carbons (Fsp3) is 0.560. The predicted octanol–water partition coefficient (Wildman–Crippen LogP) is 4.33. The lowest BCUT2D eigenvalue weighted by atomic mass is 9.87. The Hall–Kier alpha value is -2.34. The van der Waals surface area contributed by atoms with Crippen molar-refractivity contribution in [2.75, 3.05) is 19.7 Å². The summed E-state index contributed by atoms with van der Waals surface area (Å²) < 4.78 is 7.02. The van der Waals surface area contributed by atoms with E-state index in [0.717, 1.165) is 54.2 Å². The molecule has 1 saturated carbocycles. The van der Waals surface area contributed by atoms with Crippen LogP contribution in [0.4, 0.5) is 0 Å². The Labute approximate surface area is 193 Å². The second-order valence-corrected chi connectivity index (χ2v) is 9.86. The SMILES string of the molecule is CCOC(=O)c1nn(CC(=O)N2CCC(c3cccc(Cl)c3C)CC2)c2c1[C@@H]1[C@H](C)[C@@H]1C2. The number of hydrogen-bond donors (Lipinski definition) is 0. The van der Waals surface area contributed by atoms with Gasteiger partial charge >= 0.3 is 5.97 Å². The van der Waals surface area contributed by atoms with Crippen LogP contribution in [0.3, 0.4) is 0 Å². The first kappa shape index (κ1) is 21.5. The van der Waals surface area contributed by atoms with Gasteiger partial charge in [0.25, 0.3) is 0 Å². The molecular weight excluding hydrogens is 426 g/mol. The van der Waals surface area contributed by atoms with Crippen molar-refractivity contribution in [3.05, 3.63) is 51.3 Å². The molecule has 0 N–H and O–H groups in total. The lowest BCUT2D eigenvalue weighted by Gasteiger charge is -2.33. The van der Waals surface area contributed by atoms with Crippen LogP contribution < -0.4 is 0 Å². The molecule has 1 aliphatic heterocycles. The number of fused-ring (bicyclic) bond motifs is 3. The summed E-state index contributed by atoms with van der Waals surface area (Å²) in [6.07, 6.45) is 2.76. The minimum absolute atomic E-state index is 0.0700. The molecular formula is C25H30ClN3O3. The highest BCUT2D eigenvalue weighted by Crippen LogP contribution is 2.62. The van der Waals surface area contributed by atoms with Gasteiger partial charge in [0.2, 0.25) is 5.91 Å². The van der Waals surface area contributed by atoms with Gasteiger partial charge < -0.3 is 9.64 Å². The summed E-state index contributed by atoms with van der Waals surface area (Å²) in [7, 11) is 0. The van der Waals surface area contributed by atoms with Gasteiger partial charge in [-0.1, -0.05) is 30.7 Å². The largest absolute Gasteiger partial charge is 0.461 e. The van der Waals surface area contributed by atoms with Crippen molar-refractivity contribution < 1.29 is 14.3 Å². The van der Waals surface area contributed by atoms with Crippen LogP contribution in [0.15, 0.2) is 18.2 Å². The van der Waals surface area contributed by atoms with E-state index in [1.165, 1.54) is 5.56 Å². The number of rotatable bonds is 5. The number of benzene rings is 1. The Morgan fingerprint density at radius 1 is 1.25 bits per heavy atom. The Balaban J connectivity index is 1.28. The molecule has 3 aliphatic rings. The van der Waals surface area contributed by atoms with E-state index in [2.05, 4.69) is 25.0 Å². The van der Waals surface area contributed by atoms with Gasteiger partial charge in [0.15, 0.2) is 5.69 Å². The first-order chi connectivity index (χ1) is 15.4. The van der Waals surface area contributed by atoms with E-state index in [1.54, 1.807) is 11.6 Å². The van der Waals surface area contributed by atoms with Gasteiger partial charge in [-0.05, 0) is 74.0 Å². The van der Waals surface area contributed by atoms with E-state index >= 15 is 0 Å². The monoisotopic (exact) mass is 455 g/mol. The number of carbonyl (C=O) groups excluding carboxylic acids is 2. The smallest absolute Gasteiger partial charge is 0.359 e. The zero-order valence-electron chi connectivity index (χ0n) is 18.9. The summed E-state index contributed by atoms with van der Waals surface area (Å²) in [5, 5.41) is 5.36. The van der Waals surface area contributed by atoms with E-state index in [4.69, 9.17) is 16.3 Å². The molecule has 5 rings (SSSR count). The van der Waals surface area contributed by atoms with Crippen LogP contribution in [-0.2, 0) is 22.5 Å². The van der Waals surface area contributed by atoms with Crippen molar-refractivity contribution in [2.24, 2.45) is 11.8 Å². The van der Waals surface area contributed by atoms with Gasteiger partial charge in [0.05, 0.1) is 6.61 Å². The van der Waals surface area contributed by atoms with Gasteiger partial charge in [-0.15, -0.1) is 0 Å². The number of likely N-dealkylation sites (tertiary alicyclic amines) is 1. The van der Waals surface area contributed by atoms with Crippen molar-refractivity contribution in [1.82, 2.24) is 14.7 Å². The van der Waals surface area contributed by atoms with Crippen molar-refractivity contribution in [1.29, 1.82) is 0 Å². The first-order valence-electron chi connectivity index (χ1n) is 11.7. The normalized spacial score (nSPS) is 24.2. The van der Waals surface area contributed by atoms with E-state index in [9.17, 15) is 9.59 Å². The van der Waals surface area contributed by atoms with Crippen LogP contribution in [0.25, 0.3) is 0 Å². The molecule has 0 bridgehead atoms. The summed E-state index contributed by atoms with van der Waals surface area (Å²) in [5.41, 5.74) is 4.94. The molecule has 1 saturated heterocycles. The van der Waals surface area contributed by atoms with Gasteiger partial charge in [-0.3, -0.25) is 9.48 Å². The quantitative estimate of drug-likeness (QED) is 0.629. The van der Waals surface area contributed by atoms with Gasteiger partial charge in [0.1, 0.15) is 6.54 Å². The number of aromatic nitrogens is 2. The number of esters is 1. The van der Waals surface area contributed by atoms with Crippen molar-refractivity contribution >= 4 is 23.5 Å². The topological polar surface area (TPSA) is 64.4 Å². The number of halogens is 1. The highest BCUT2D eigenvalue weighted by atomic mass is 35.5. The van der Waals surface area contributed by atoms with Gasteiger partial charge in [-0.2, -0.15) is 5.10 Å². The number of nitrogens with zero attached hydrogens (tertiary/aromatic N) is 3. The molecule has 2 heterocycles. The number of hydrogen-bond acceptors (Lipinski definition) is 4. The van der Waals surface area contributed by atoms with E-state index in [1.807, 2.05) is 17.0 Å². The maximum absolute atomic E-state index is 13.1. The molecule has 0 radical (unpaired) electrons. The molecule has 2 aromatic rings. The lowest BCUT2D eigenvalue weighted by molar-refractivity contribution is -0.133. The minimum Gasteiger partial charge on any atom is -0.461 e. The zero-order chi connectivity index (χ0) is 22.6. The summed E-state index contributed by atoms with van der Waals surface area (Å²) in [5.74, 6) is 1.68. The van der Waals surface area contributed by atoms with Crippen LogP contribution >= 0.6 is 11.6 Å². The average molecular weight is 456 g/mol. The van der Waals surface area contributed by atoms with Crippen LogP contribution in [-0.4, -0.2) is 46.3 Å². The van der Waals surface area contributed by atoms with Crippen LogP contribution in [0.5, 0.6) is 0 Å². The van der Waals surface area contributed by atoms with Crippen molar-refractivity contribution in [2.45, 2.75) is 58.4 Å². The predicted molar refractivity (Wildman–Crippen MR) is 122 cm³/mol. The molecule has 3 atom stereocenters. The second-order valence-electron chi connectivity index (χ2n) is 9.45. The second kappa shape index (κ2) is 8.22. The Morgan fingerprint density at radius 2 is 2.00 bits per heavy atom. The van der Waals surface area contributed by atoms with Crippen LogP contribution in [0.2, 0.25) is 5.02 Å². The lowest BCUT2D eigenvalue weighted by Crippen LogP contribution is -2.40. The standard InChI is InChI=1S/C25H30ClN3O3/c1-4-32-25(31)24-23-20(12-18-15(3)22(18)23)29(27-24)13-21(30)28-10-8-16(9-11-28)17-6-5-7-19(26)14(17)2/h5-7,15-16,18,22H,4,8-13H2,1-3H3/t15-,18+,22-/m1/s1. The summed E-state index contributed by atoms with van der Waals surface area (Å²) in [6.45, 7) is 8.07. The molecule has 1 aromatic carbocycles. The molecule has 0 spiro atoms. The maximum Gasteiger partial charge on any atom is 0.359 e. The van der Waals surface area contributed by atoms with Crippen molar-refractivity contribution in [3.63, 3.8) is 0 Å². The third kappa shape index (κ3) is 3.53. The number of piperidine rings is 1. The molecule has 32 heavy (non-hydrogen) atoms. The highest BCUT2D eigenvalue weighted by Gasteiger charge is 2.56. The molecule has 6 nitrogen and oxygen atoms in total. The van der Waals surface area contributed by atoms with Gasteiger partial charge in [0, 0.05) is 29.4 Å². The molecule has 2 aliphatic carbocycles. The Bertz CT molecular complexity index is 1070. The molecule has 1 aromatic heterocycles. The van der Waals surface area contributed by atoms with Crippen molar-refractivity contribution in [3.8, 4) is 0 Å². The fourth-order valence-corrected chi connectivity index (χ4v) is 6.03. The minimum atomic E-state index is -0.368. The van der Waals surface area contributed by atoms with Gasteiger partial charge in [-0.25, -0.2) is 4.79 Å². The fourth-order valence-electron chi connectivity index (χ4n) is 5.85. The first-order valence-corrected chi connectivity index (χ1v) is 12.1. The summed E-state index contributed by atoms with van der Waals surface area (Å²) in [4.78, 5) is 27.6. The summed E-state index contributed by atoms with van der Waals surface area (Å²) >= 11 is 6.31. The molecule has 170 valence electrons. The Kier molecular flexibility index (Phi) is 5.52. The highest BCUT2D eigenvalue weighted by molar-refractivity contribution is 6.31. The number of ether oxygens (including phenoxy) is 1. The third-order valence-electron chi connectivity index (χ3n) is 7.77. The molecule has 1 amide bonds. The van der Waals surface area contributed by atoms with Crippen LogP contribution in [0, 0.1) is 18.8 Å². The number of carbonyl (C=O) groups is 2. The van der Waals surface area contributed by atoms with E-state index in [0.29, 0.717) is 36.0 Å². The molecule has 7 heteroatoms. The Morgan fingerprint density at radius 3 is 2.72 bits per heavy atom. The summed E-state index contributed by atoms with van der Waals surface area (Å²) in [6, 6.07) is 6.09. The van der Waals surface area contributed by atoms with Crippen LogP contribution in [0.1, 0.15) is 71.4 Å². The van der Waals surface area contributed by atoms with E-state index in [-0.39, 0.29) is 18.4 Å².